The molecule has 6 heteroatoms. The van der Waals surface area contributed by atoms with Crippen molar-refractivity contribution in [2.75, 3.05) is 26.4 Å². The fourth-order valence-corrected chi connectivity index (χ4v) is 3.10. The van der Waals surface area contributed by atoms with Crippen LogP contribution in [0.25, 0.3) is 11.4 Å². The van der Waals surface area contributed by atoms with Crippen molar-refractivity contribution in [3.05, 3.63) is 36.7 Å². The van der Waals surface area contributed by atoms with Crippen LogP contribution in [-0.4, -0.2) is 42.7 Å². The fraction of sp³-hybridized carbons (Fsp3) is 0.615. The van der Waals surface area contributed by atoms with Crippen molar-refractivity contribution in [3.63, 3.8) is 0 Å². The Kier molecular flexibility index (Phi) is 13.4. The number of nitrogens with zero attached hydrogens (tertiary/aromatic N) is 2. The van der Waals surface area contributed by atoms with Gasteiger partial charge in [-0.1, -0.05) is 40.0 Å². The molecule has 0 saturated carbocycles. The molecule has 0 fully saturated rings. The normalized spacial score (nSPS) is 12.0. The molecule has 0 aliphatic heterocycles. The first kappa shape index (κ1) is 26.1. The van der Waals surface area contributed by atoms with E-state index in [-0.39, 0.29) is 6.29 Å². The number of hydrogen-bond donors (Lipinski definition) is 0. The molecule has 1 heterocycles. The zero-order chi connectivity index (χ0) is 22.9. The second kappa shape index (κ2) is 16.5. The molecule has 1 unspecified atom stereocenters. The molecule has 0 aliphatic carbocycles. The van der Waals surface area contributed by atoms with Gasteiger partial charge in [0.25, 0.3) is 0 Å². The molecule has 32 heavy (non-hydrogen) atoms. The molecule has 6 nitrogen and oxygen atoms in total. The average molecular weight is 445 g/mol. The highest BCUT2D eigenvalue weighted by molar-refractivity contribution is 5.56. The predicted molar refractivity (Wildman–Crippen MR) is 128 cm³/mol. The van der Waals surface area contributed by atoms with Crippen molar-refractivity contribution >= 4 is 0 Å². The summed E-state index contributed by atoms with van der Waals surface area (Å²) in [7, 11) is 0. The van der Waals surface area contributed by atoms with Crippen LogP contribution in [0, 0.1) is 0 Å². The summed E-state index contributed by atoms with van der Waals surface area (Å²) in [6.07, 6.45) is 11.6. The molecule has 1 aromatic carbocycles. The van der Waals surface area contributed by atoms with Gasteiger partial charge in [-0.15, -0.1) is 0 Å². The maximum absolute atomic E-state index is 6.04. The van der Waals surface area contributed by atoms with Gasteiger partial charge in [-0.05, 0) is 49.9 Å². The highest BCUT2D eigenvalue weighted by Crippen LogP contribution is 2.22. The minimum absolute atomic E-state index is 0.200. The number of hydrogen-bond acceptors (Lipinski definition) is 6. The Balaban J connectivity index is 1.78. The molecule has 1 atom stereocenters. The van der Waals surface area contributed by atoms with Gasteiger partial charge in [-0.3, -0.25) is 0 Å². The molecule has 0 saturated heterocycles. The summed E-state index contributed by atoms with van der Waals surface area (Å²) in [5.74, 6) is 2.15. The van der Waals surface area contributed by atoms with Crippen LogP contribution in [0.1, 0.15) is 72.1 Å². The zero-order valence-electron chi connectivity index (χ0n) is 20.1. The van der Waals surface area contributed by atoms with Crippen LogP contribution in [0.3, 0.4) is 0 Å². The summed E-state index contributed by atoms with van der Waals surface area (Å²) in [5, 5.41) is 0. The van der Waals surface area contributed by atoms with E-state index in [0.717, 1.165) is 69.7 Å². The zero-order valence-corrected chi connectivity index (χ0v) is 20.1. The Morgan fingerprint density at radius 2 is 1.44 bits per heavy atom. The van der Waals surface area contributed by atoms with E-state index in [0.29, 0.717) is 18.2 Å². The Morgan fingerprint density at radius 1 is 0.719 bits per heavy atom. The SMILES string of the molecule is CCCCCOC(CCC)Oc1ccc(-c2ncc(OCCCCOCCC)cn2)cc1. The van der Waals surface area contributed by atoms with Crippen LogP contribution in [0.2, 0.25) is 0 Å². The third-order valence-corrected chi connectivity index (χ3v) is 4.88. The second-order valence-electron chi connectivity index (χ2n) is 7.85. The van der Waals surface area contributed by atoms with Gasteiger partial charge in [0, 0.05) is 25.2 Å². The highest BCUT2D eigenvalue weighted by atomic mass is 16.7. The molecular formula is C26H40N2O4. The smallest absolute Gasteiger partial charge is 0.199 e. The fourth-order valence-electron chi connectivity index (χ4n) is 3.10. The quantitative estimate of drug-likeness (QED) is 0.195. The van der Waals surface area contributed by atoms with E-state index in [1.807, 2.05) is 24.3 Å². The third kappa shape index (κ3) is 10.4. The van der Waals surface area contributed by atoms with E-state index in [2.05, 4.69) is 30.7 Å². The summed E-state index contributed by atoms with van der Waals surface area (Å²) in [6.45, 7) is 9.45. The monoisotopic (exact) mass is 444 g/mol. The highest BCUT2D eigenvalue weighted by Gasteiger charge is 2.10. The lowest BCUT2D eigenvalue weighted by Gasteiger charge is -2.19. The van der Waals surface area contributed by atoms with Crippen LogP contribution in [0.4, 0.5) is 0 Å². The molecule has 0 aliphatic rings. The maximum Gasteiger partial charge on any atom is 0.199 e. The molecule has 0 bridgehead atoms. The standard InChI is InChI=1S/C26H40N2O4/c1-4-7-8-19-31-25(11-5-2)32-23-14-12-22(13-15-23)26-27-20-24(21-28-26)30-18-10-9-17-29-16-6-3/h12-15,20-21,25H,4-11,16-19H2,1-3H3. The van der Waals surface area contributed by atoms with E-state index in [9.17, 15) is 0 Å². The van der Waals surface area contributed by atoms with Crippen LogP contribution in [0.5, 0.6) is 11.5 Å². The first-order valence-electron chi connectivity index (χ1n) is 12.2. The third-order valence-electron chi connectivity index (χ3n) is 4.88. The van der Waals surface area contributed by atoms with E-state index in [4.69, 9.17) is 18.9 Å². The number of ether oxygens (including phenoxy) is 4. The number of benzene rings is 1. The minimum atomic E-state index is -0.200. The number of unbranched alkanes of at least 4 members (excludes halogenated alkanes) is 3. The van der Waals surface area contributed by atoms with Gasteiger partial charge in [0.2, 0.25) is 0 Å². The lowest BCUT2D eigenvalue weighted by Crippen LogP contribution is -2.21. The molecule has 178 valence electrons. The van der Waals surface area contributed by atoms with Gasteiger partial charge in [0.1, 0.15) is 5.75 Å². The van der Waals surface area contributed by atoms with Crippen molar-refractivity contribution in [2.24, 2.45) is 0 Å². The molecular weight excluding hydrogens is 404 g/mol. The van der Waals surface area contributed by atoms with E-state index >= 15 is 0 Å². The lowest BCUT2D eigenvalue weighted by molar-refractivity contribution is -0.0856. The van der Waals surface area contributed by atoms with Gasteiger partial charge in [0.05, 0.1) is 25.6 Å². The van der Waals surface area contributed by atoms with E-state index in [1.165, 1.54) is 12.8 Å². The van der Waals surface area contributed by atoms with Crippen molar-refractivity contribution in [2.45, 2.75) is 78.4 Å². The van der Waals surface area contributed by atoms with Gasteiger partial charge in [-0.2, -0.15) is 0 Å². The van der Waals surface area contributed by atoms with Crippen LogP contribution in [0.15, 0.2) is 36.7 Å². The van der Waals surface area contributed by atoms with Gasteiger partial charge in [0.15, 0.2) is 17.9 Å². The van der Waals surface area contributed by atoms with Crippen molar-refractivity contribution in [3.8, 4) is 22.9 Å². The second-order valence-corrected chi connectivity index (χ2v) is 7.85. The summed E-state index contributed by atoms with van der Waals surface area (Å²) in [6, 6.07) is 7.84. The molecule has 2 rings (SSSR count). The molecule has 0 amide bonds. The summed E-state index contributed by atoms with van der Waals surface area (Å²) in [5.41, 5.74) is 0.938. The van der Waals surface area contributed by atoms with Gasteiger partial charge in [-0.25, -0.2) is 9.97 Å². The van der Waals surface area contributed by atoms with Gasteiger partial charge < -0.3 is 18.9 Å². The first-order valence-corrected chi connectivity index (χ1v) is 12.2. The molecule has 2 aromatic rings. The van der Waals surface area contributed by atoms with Crippen molar-refractivity contribution in [1.82, 2.24) is 9.97 Å². The van der Waals surface area contributed by atoms with Gasteiger partial charge >= 0.3 is 0 Å². The molecule has 1 aromatic heterocycles. The maximum atomic E-state index is 6.04. The average Bonchev–Trinajstić information content (AvgIpc) is 2.82. The Morgan fingerprint density at radius 3 is 2.12 bits per heavy atom. The minimum Gasteiger partial charge on any atom is -0.490 e. The molecule has 0 radical (unpaired) electrons. The van der Waals surface area contributed by atoms with Crippen LogP contribution < -0.4 is 9.47 Å². The van der Waals surface area contributed by atoms with Crippen molar-refractivity contribution in [1.29, 1.82) is 0 Å². The molecule has 0 N–H and O–H groups in total. The van der Waals surface area contributed by atoms with Crippen LogP contribution in [-0.2, 0) is 9.47 Å². The summed E-state index contributed by atoms with van der Waals surface area (Å²) >= 11 is 0. The number of aromatic nitrogens is 2. The molecule has 0 spiro atoms. The van der Waals surface area contributed by atoms with Crippen LogP contribution >= 0.6 is 0 Å². The Hall–Kier alpha value is -2.18. The summed E-state index contributed by atoms with van der Waals surface area (Å²) in [4.78, 5) is 8.88. The number of rotatable bonds is 18. The Bertz CT molecular complexity index is 707. The first-order chi connectivity index (χ1) is 15.8. The topological polar surface area (TPSA) is 62.7 Å². The Labute approximate surface area is 193 Å². The van der Waals surface area contributed by atoms with Crippen molar-refractivity contribution < 1.29 is 18.9 Å². The summed E-state index contributed by atoms with van der Waals surface area (Å²) < 4.78 is 23.1. The van der Waals surface area contributed by atoms with E-state index < -0.39 is 0 Å². The lowest BCUT2D eigenvalue weighted by atomic mass is 10.2. The largest absolute Gasteiger partial charge is 0.490 e. The predicted octanol–water partition coefficient (Wildman–Crippen LogP) is 6.44. The van der Waals surface area contributed by atoms with E-state index in [1.54, 1.807) is 12.4 Å².